The van der Waals surface area contributed by atoms with Gasteiger partial charge in [-0.2, -0.15) is 0 Å². The van der Waals surface area contributed by atoms with E-state index in [9.17, 15) is 13.6 Å². The number of nitrogens with zero attached hydrogens (tertiary/aromatic N) is 2. The number of halogens is 2. The summed E-state index contributed by atoms with van der Waals surface area (Å²) in [5, 5.41) is 6.65. The van der Waals surface area contributed by atoms with Gasteiger partial charge in [-0.05, 0) is 37.8 Å². The minimum atomic E-state index is -0.496. The van der Waals surface area contributed by atoms with E-state index < -0.39 is 11.6 Å². The van der Waals surface area contributed by atoms with Crippen molar-refractivity contribution in [2.75, 3.05) is 21.1 Å². The molecular weight excluding hydrogens is 350 g/mol. The summed E-state index contributed by atoms with van der Waals surface area (Å²) in [6.45, 7) is 0. The molecule has 148 valence electrons. The summed E-state index contributed by atoms with van der Waals surface area (Å²) in [6, 6.07) is 4.11. The SMILES string of the molecule is CN=C(NC1CCCC(C(=O)N(C)C)C1)NC1CC1c1c(F)cccc1F. The van der Waals surface area contributed by atoms with Crippen LogP contribution in [0.1, 0.15) is 43.6 Å². The second-order valence-corrected chi connectivity index (χ2v) is 7.74. The Balaban J connectivity index is 1.56. The molecule has 2 N–H and O–H groups in total. The fourth-order valence-electron chi connectivity index (χ4n) is 3.99. The number of guanidine groups is 1. The van der Waals surface area contributed by atoms with Gasteiger partial charge in [-0.1, -0.05) is 12.5 Å². The fraction of sp³-hybridized carbons (Fsp3) is 0.600. The van der Waals surface area contributed by atoms with Crippen molar-refractivity contribution in [2.45, 2.75) is 50.1 Å². The van der Waals surface area contributed by atoms with Crippen molar-refractivity contribution in [3.05, 3.63) is 35.4 Å². The van der Waals surface area contributed by atoms with E-state index in [0.29, 0.717) is 12.4 Å². The molecule has 2 fully saturated rings. The van der Waals surface area contributed by atoms with Crippen LogP contribution in [-0.4, -0.2) is 50.0 Å². The van der Waals surface area contributed by atoms with Gasteiger partial charge < -0.3 is 15.5 Å². The van der Waals surface area contributed by atoms with Gasteiger partial charge in [0.05, 0.1) is 0 Å². The molecule has 1 aromatic rings. The van der Waals surface area contributed by atoms with Crippen molar-refractivity contribution >= 4 is 11.9 Å². The molecule has 5 nitrogen and oxygen atoms in total. The van der Waals surface area contributed by atoms with Gasteiger partial charge in [-0.15, -0.1) is 0 Å². The average molecular weight is 378 g/mol. The lowest BCUT2D eigenvalue weighted by atomic mass is 9.85. The van der Waals surface area contributed by atoms with Crippen molar-refractivity contribution < 1.29 is 13.6 Å². The lowest BCUT2D eigenvalue weighted by molar-refractivity contribution is -0.134. The number of amides is 1. The number of carbonyl (C=O) groups excluding carboxylic acids is 1. The van der Waals surface area contributed by atoms with Crippen LogP contribution in [0.2, 0.25) is 0 Å². The Labute approximate surface area is 159 Å². The Morgan fingerprint density at radius 1 is 1.15 bits per heavy atom. The minimum absolute atomic E-state index is 0.0329. The average Bonchev–Trinajstić information content (AvgIpc) is 3.39. The zero-order chi connectivity index (χ0) is 19.6. The van der Waals surface area contributed by atoms with Gasteiger partial charge in [0.25, 0.3) is 0 Å². The normalized spacial score (nSPS) is 27.8. The quantitative estimate of drug-likeness (QED) is 0.626. The molecule has 0 bridgehead atoms. The summed E-state index contributed by atoms with van der Waals surface area (Å²) in [7, 11) is 5.26. The van der Waals surface area contributed by atoms with Gasteiger partial charge in [0, 0.05) is 50.6 Å². The van der Waals surface area contributed by atoms with E-state index in [0.717, 1.165) is 25.7 Å². The van der Waals surface area contributed by atoms with Gasteiger partial charge in [0.2, 0.25) is 5.91 Å². The zero-order valence-corrected chi connectivity index (χ0v) is 16.1. The number of aliphatic imine (C=N–C) groups is 1. The molecule has 3 rings (SSSR count). The molecule has 4 unspecified atom stereocenters. The van der Waals surface area contributed by atoms with Gasteiger partial charge in [0.15, 0.2) is 5.96 Å². The second-order valence-electron chi connectivity index (χ2n) is 7.74. The number of rotatable bonds is 4. The van der Waals surface area contributed by atoms with Crippen LogP contribution in [-0.2, 0) is 4.79 Å². The molecular formula is C20H28F2N4O. The molecule has 2 aliphatic rings. The van der Waals surface area contributed by atoms with Gasteiger partial charge in [0.1, 0.15) is 11.6 Å². The molecule has 27 heavy (non-hydrogen) atoms. The highest BCUT2D eigenvalue weighted by Gasteiger charge is 2.42. The first-order chi connectivity index (χ1) is 12.9. The summed E-state index contributed by atoms with van der Waals surface area (Å²) >= 11 is 0. The molecule has 2 saturated carbocycles. The zero-order valence-electron chi connectivity index (χ0n) is 16.1. The molecule has 1 amide bonds. The van der Waals surface area contributed by atoms with E-state index in [1.807, 2.05) is 0 Å². The summed E-state index contributed by atoms with van der Waals surface area (Å²) in [4.78, 5) is 18.1. The monoisotopic (exact) mass is 378 g/mol. The van der Waals surface area contributed by atoms with Crippen LogP contribution in [0.25, 0.3) is 0 Å². The summed E-state index contributed by atoms with van der Waals surface area (Å²) in [5.41, 5.74) is 0.153. The highest BCUT2D eigenvalue weighted by Crippen LogP contribution is 2.43. The third kappa shape index (κ3) is 4.57. The summed E-state index contributed by atoms with van der Waals surface area (Å²) in [6.07, 6.45) is 4.33. The van der Waals surface area contributed by atoms with Crippen LogP contribution in [0, 0.1) is 17.6 Å². The summed E-state index contributed by atoms with van der Waals surface area (Å²) < 4.78 is 27.9. The van der Waals surface area contributed by atoms with Gasteiger partial charge in [-0.25, -0.2) is 8.78 Å². The first-order valence-corrected chi connectivity index (χ1v) is 9.55. The lowest BCUT2D eigenvalue weighted by Crippen LogP contribution is -2.47. The fourth-order valence-corrected chi connectivity index (χ4v) is 3.99. The highest BCUT2D eigenvalue weighted by molar-refractivity contribution is 5.81. The number of hydrogen-bond donors (Lipinski definition) is 2. The Kier molecular flexibility index (Phi) is 5.97. The maximum Gasteiger partial charge on any atom is 0.225 e. The predicted octanol–water partition coefficient (Wildman–Crippen LogP) is 2.63. The minimum Gasteiger partial charge on any atom is -0.354 e. The third-order valence-electron chi connectivity index (χ3n) is 5.51. The van der Waals surface area contributed by atoms with E-state index in [2.05, 4.69) is 15.6 Å². The van der Waals surface area contributed by atoms with Crippen molar-refractivity contribution in [3.8, 4) is 0 Å². The molecule has 4 atom stereocenters. The second kappa shape index (κ2) is 8.23. The smallest absolute Gasteiger partial charge is 0.225 e. The van der Waals surface area contributed by atoms with E-state index in [1.54, 1.807) is 26.0 Å². The Bertz CT molecular complexity index is 702. The van der Waals surface area contributed by atoms with Crippen LogP contribution in [0.4, 0.5) is 8.78 Å². The molecule has 0 spiro atoms. The number of benzene rings is 1. The number of nitrogens with one attached hydrogen (secondary N) is 2. The van der Waals surface area contributed by atoms with Crippen LogP contribution in [0.5, 0.6) is 0 Å². The maximum absolute atomic E-state index is 13.9. The summed E-state index contributed by atoms with van der Waals surface area (Å²) in [5.74, 6) is -0.345. The Morgan fingerprint density at radius 2 is 1.85 bits per heavy atom. The number of hydrogen-bond acceptors (Lipinski definition) is 2. The van der Waals surface area contributed by atoms with E-state index in [1.165, 1.54) is 18.2 Å². The molecule has 0 aromatic heterocycles. The highest BCUT2D eigenvalue weighted by atomic mass is 19.1. The first-order valence-electron chi connectivity index (χ1n) is 9.55. The molecule has 7 heteroatoms. The standard InChI is InChI=1S/C20H28F2N4O/c1-23-20(24-13-7-4-6-12(10-13)19(27)26(2)3)25-17-11-14(17)18-15(21)8-5-9-16(18)22/h5,8-9,12-14,17H,4,6-7,10-11H2,1-3H3,(H2,23,24,25). The van der Waals surface area contributed by atoms with Gasteiger partial charge in [-0.3, -0.25) is 9.79 Å². The lowest BCUT2D eigenvalue weighted by Gasteiger charge is -2.31. The largest absolute Gasteiger partial charge is 0.354 e. The Hall–Kier alpha value is -2.18. The molecule has 2 aliphatic carbocycles. The molecule has 1 aromatic carbocycles. The molecule has 0 aliphatic heterocycles. The molecule has 0 heterocycles. The van der Waals surface area contributed by atoms with Gasteiger partial charge >= 0.3 is 0 Å². The molecule has 0 radical (unpaired) electrons. The Morgan fingerprint density at radius 3 is 2.48 bits per heavy atom. The predicted molar refractivity (Wildman–Crippen MR) is 102 cm³/mol. The third-order valence-corrected chi connectivity index (χ3v) is 5.51. The number of carbonyl (C=O) groups is 1. The van der Waals surface area contributed by atoms with E-state index in [-0.39, 0.29) is 35.4 Å². The van der Waals surface area contributed by atoms with Crippen LogP contribution >= 0.6 is 0 Å². The van der Waals surface area contributed by atoms with Crippen molar-refractivity contribution in [1.29, 1.82) is 0 Å². The maximum atomic E-state index is 13.9. The molecule has 0 saturated heterocycles. The van der Waals surface area contributed by atoms with Crippen molar-refractivity contribution in [1.82, 2.24) is 15.5 Å². The van der Waals surface area contributed by atoms with Crippen molar-refractivity contribution in [3.63, 3.8) is 0 Å². The van der Waals surface area contributed by atoms with E-state index >= 15 is 0 Å². The van der Waals surface area contributed by atoms with E-state index in [4.69, 9.17) is 0 Å². The van der Waals surface area contributed by atoms with Crippen LogP contribution < -0.4 is 10.6 Å². The van der Waals surface area contributed by atoms with Crippen LogP contribution in [0.3, 0.4) is 0 Å². The first kappa shape index (κ1) is 19.6. The van der Waals surface area contributed by atoms with Crippen molar-refractivity contribution in [2.24, 2.45) is 10.9 Å². The van der Waals surface area contributed by atoms with Crippen LogP contribution in [0.15, 0.2) is 23.2 Å². The topological polar surface area (TPSA) is 56.7 Å².